The molecule has 0 N–H and O–H groups in total. The monoisotopic (exact) mass is 192 g/mol. The van der Waals surface area contributed by atoms with Gasteiger partial charge < -0.3 is 0 Å². The van der Waals surface area contributed by atoms with Gasteiger partial charge in [0, 0.05) is 0 Å². The Balaban J connectivity index is 2.41. The third kappa shape index (κ3) is 5.26. The van der Waals surface area contributed by atoms with Crippen molar-refractivity contribution < 1.29 is 0 Å². The average Bonchev–Trinajstić information content (AvgIpc) is 2.14. The highest BCUT2D eigenvalue weighted by Crippen LogP contribution is 2.17. The molecule has 80 valence electrons. The van der Waals surface area contributed by atoms with Gasteiger partial charge in [0.25, 0.3) is 0 Å². The zero-order valence-corrected chi connectivity index (χ0v) is 9.71. The first kappa shape index (κ1) is 11.6. The minimum Gasteiger partial charge on any atom is -0.0843 e. The minimum absolute atomic E-state index is 0.761. The molecule has 1 aliphatic carbocycles. The highest BCUT2D eigenvalue weighted by atomic mass is 14.1. The van der Waals surface area contributed by atoms with E-state index in [-0.39, 0.29) is 0 Å². The molecule has 1 rings (SSSR count). The van der Waals surface area contributed by atoms with E-state index in [2.05, 4.69) is 38.2 Å². The van der Waals surface area contributed by atoms with Gasteiger partial charge in [-0.05, 0) is 24.7 Å². The Morgan fingerprint density at radius 1 is 0.929 bits per heavy atom. The van der Waals surface area contributed by atoms with Crippen LogP contribution in [0, 0.1) is 11.8 Å². The summed E-state index contributed by atoms with van der Waals surface area (Å²) in [7, 11) is 0. The molecule has 0 saturated carbocycles. The molecule has 0 aromatic carbocycles. The fourth-order valence-corrected chi connectivity index (χ4v) is 1.99. The summed E-state index contributed by atoms with van der Waals surface area (Å²) >= 11 is 0. The molecule has 0 spiro atoms. The lowest BCUT2D eigenvalue weighted by atomic mass is 9.96. The summed E-state index contributed by atoms with van der Waals surface area (Å²) in [5.74, 6) is 1.63. The summed E-state index contributed by atoms with van der Waals surface area (Å²) in [5.41, 5.74) is 0. The van der Waals surface area contributed by atoms with Crippen LogP contribution < -0.4 is 0 Å². The van der Waals surface area contributed by atoms with Gasteiger partial charge in [-0.15, -0.1) is 0 Å². The van der Waals surface area contributed by atoms with Crippen LogP contribution in [0.4, 0.5) is 0 Å². The largest absolute Gasteiger partial charge is 0.0843 e. The fourth-order valence-electron chi connectivity index (χ4n) is 1.99. The van der Waals surface area contributed by atoms with Crippen LogP contribution in [-0.2, 0) is 0 Å². The van der Waals surface area contributed by atoms with E-state index in [0.717, 1.165) is 11.8 Å². The van der Waals surface area contributed by atoms with Crippen molar-refractivity contribution in [2.75, 3.05) is 0 Å². The molecular weight excluding hydrogens is 168 g/mol. The number of rotatable bonds is 0. The maximum atomic E-state index is 2.36. The van der Waals surface area contributed by atoms with E-state index in [9.17, 15) is 0 Å². The van der Waals surface area contributed by atoms with Gasteiger partial charge in [-0.1, -0.05) is 63.8 Å². The van der Waals surface area contributed by atoms with E-state index in [1.165, 1.54) is 38.5 Å². The topological polar surface area (TPSA) is 0 Å². The Labute approximate surface area is 89.1 Å². The summed E-state index contributed by atoms with van der Waals surface area (Å²) in [5, 5.41) is 0. The highest BCUT2D eigenvalue weighted by molar-refractivity contribution is 5.04. The van der Waals surface area contributed by atoms with Crippen LogP contribution in [-0.4, -0.2) is 0 Å². The molecule has 14 heavy (non-hydrogen) atoms. The first-order valence-electron chi connectivity index (χ1n) is 6.12. The van der Waals surface area contributed by atoms with Gasteiger partial charge in [0.1, 0.15) is 0 Å². The van der Waals surface area contributed by atoms with Gasteiger partial charge in [0.2, 0.25) is 0 Å². The Bertz CT molecular complexity index is 188. The predicted molar refractivity (Wildman–Crippen MR) is 64.3 cm³/mol. The number of hydrogen-bond donors (Lipinski definition) is 0. The number of allylic oxidation sites excluding steroid dienone is 4. The van der Waals surface area contributed by atoms with Crippen molar-refractivity contribution in [2.45, 2.75) is 52.4 Å². The van der Waals surface area contributed by atoms with Crippen LogP contribution in [0.2, 0.25) is 0 Å². The van der Waals surface area contributed by atoms with Crippen LogP contribution in [0.1, 0.15) is 52.4 Å². The first-order valence-corrected chi connectivity index (χ1v) is 6.12. The molecule has 0 aliphatic heterocycles. The van der Waals surface area contributed by atoms with Crippen molar-refractivity contribution in [1.82, 2.24) is 0 Å². The molecule has 0 bridgehead atoms. The van der Waals surface area contributed by atoms with Crippen molar-refractivity contribution in [3.8, 4) is 0 Å². The molecule has 0 nitrogen and oxygen atoms in total. The van der Waals surface area contributed by atoms with Crippen molar-refractivity contribution in [3.63, 3.8) is 0 Å². The van der Waals surface area contributed by atoms with E-state index in [0.29, 0.717) is 0 Å². The molecule has 0 heterocycles. The van der Waals surface area contributed by atoms with Crippen LogP contribution >= 0.6 is 0 Å². The van der Waals surface area contributed by atoms with E-state index in [1.807, 2.05) is 0 Å². The smallest absolute Gasteiger partial charge is 0.0259 e. The molecule has 0 heteroatoms. The summed E-state index contributed by atoms with van der Waals surface area (Å²) in [6.45, 7) is 4.68. The molecule has 0 saturated heterocycles. The Hall–Kier alpha value is -0.520. The maximum Gasteiger partial charge on any atom is -0.0259 e. The maximum absolute atomic E-state index is 2.36. The second-order valence-electron chi connectivity index (χ2n) is 4.77. The van der Waals surface area contributed by atoms with E-state index in [1.54, 1.807) is 0 Å². The molecule has 0 aromatic heterocycles. The molecule has 0 aromatic rings. The Morgan fingerprint density at radius 2 is 1.71 bits per heavy atom. The molecular formula is C14H24. The molecule has 0 amide bonds. The second-order valence-corrected chi connectivity index (χ2v) is 4.77. The van der Waals surface area contributed by atoms with E-state index >= 15 is 0 Å². The second kappa shape index (κ2) is 6.86. The lowest BCUT2D eigenvalue weighted by Crippen LogP contribution is -1.95. The van der Waals surface area contributed by atoms with Crippen LogP contribution in [0.5, 0.6) is 0 Å². The lowest BCUT2D eigenvalue weighted by Gasteiger charge is -2.10. The molecule has 0 radical (unpaired) electrons. The third-order valence-corrected chi connectivity index (χ3v) is 3.08. The molecule has 1 aliphatic rings. The first-order chi connectivity index (χ1) is 6.79. The quantitative estimate of drug-likeness (QED) is 0.520. The summed E-state index contributed by atoms with van der Waals surface area (Å²) in [6, 6.07) is 0. The fraction of sp³-hybridized carbons (Fsp3) is 0.714. The van der Waals surface area contributed by atoms with Crippen molar-refractivity contribution in [2.24, 2.45) is 11.8 Å². The standard InChI is InChI=1S/C14H24/c1-13-9-5-3-7-11-14(2)12-8-4-6-10-13/h3,5,7,9,13-14H,4,6,8,10-12H2,1-2H3/b7-3-,9-5-. The molecule has 2 atom stereocenters. The van der Waals surface area contributed by atoms with E-state index in [4.69, 9.17) is 0 Å². The predicted octanol–water partition coefficient (Wildman–Crippen LogP) is 4.73. The van der Waals surface area contributed by atoms with Crippen LogP contribution in [0.25, 0.3) is 0 Å². The summed E-state index contributed by atoms with van der Waals surface area (Å²) in [4.78, 5) is 0. The van der Waals surface area contributed by atoms with Gasteiger partial charge in [-0.25, -0.2) is 0 Å². The van der Waals surface area contributed by atoms with Gasteiger partial charge in [0.15, 0.2) is 0 Å². The van der Waals surface area contributed by atoms with Gasteiger partial charge >= 0.3 is 0 Å². The van der Waals surface area contributed by atoms with Crippen molar-refractivity contribution in [1.29, 1.82) is 0 Å². The van der Waals surface area contributed by atoms with Crippen LogP contribution in [0.3, 0.4) is 0 Å². The zero-order chi connectivity index (χ0) is 10.2. The van der Waals surface area contributed by atoms with Gasteiger partial charge in [-0.2, -0.15) is 0 Å². The van der Waals surface area contributed by atoms with Crippen molar-refractivity contribution in [3.05, 3.63) is 24.3 Å². The Kier molecular flexibility index (Phi) is 5.66. The van der Waals surface area contributed by atoms with E-state index < -0.39 is 0 Å². The van der Waals surface area contributed by atoms with Gasteiger partial charge in [-0.3, -0.25) is 0 Å². The summed E-state index contributed by atoms with van der Waals surface area (Å²) in [6.07, 6.45) is 17.4. The van der Waals surface area contributed by atoms with Crippen LogP contribution in [0.15, 0.2) is 24.3 Å². The third-order valence-electron chi connectivity index (χ3n) is 3.08. The minimum atomic E-state index is 0.761. The normalized spacial score (nSPS) is 35.3. The molecule has 2 unspecified atom stereocenters. The lowest BCUT2D eigenvalue weighted by molar-refractivity contribution is 0.478. The van der Waals surface area contributed by atoms with Gasteiger partial charge in [0.05, 0.1) is 0 Å². The highest BCUT2D eigenvalue weighted by Gasteiger charge is 2.01. The average molecular weight is 192 g/mol. The Morgan fingerprint density at radius 3 is 2.57 bits per heavy atom. The number of hydrogen-bond acceptors (Lipinski definition) is 0. The SMILES string of the molecule is CC1/C=C\C=C/CC(C)CCCCC1. The van der Waals surface area contributed by atoms with Crippen molar-refractivity contribution >= 4 is 0 Å². The summed E-state index contributed by atoms with van der Waals surface area (Å²) < 4.78 is 0. The zero-order valence-electron chi connectivity index (χ0n) is 9.71. The molecule has 0 fully saturated rings.